The molecule has 0 aliphatic heterocycles. The van der Waals surface area contributed by atoms with Crippen molar-refractivity contribution in [1.29, 1.82) is 0 Å². The third kappa shape index (κ3) is 4.06. The molecule has 0 saturated heterocycles. The summed E-state index contributed by atoms with van der Waals surface area (Å²) in [5.74, 6) is -0.0452. The number of aromatic nitrogens is 2. The number of anilines is 1. The molecule has 0 bridgehead atoms. The lowest BCUT2D eigenvalue weighted by Crippen LogP contribution is -2.33. The molecule has 3 aromatic rings. The Hall–Kier alpha value is -2.36. The molecule has 7 nitrogen and oxygen atoms in total. The van der Waals surface area contributed by atoms with Crippen LogP contribution in [0.5, 0.6) is 0 Å². The van der Waals surface area contributed by atoms with E-state index in [1.165, 1.54) is 23.9 Å². The monoisotopic (exact) mass is 418 g/mol. The van der Waals surface area contributed by atoms with E-state index in [0.29, 0.717) is 17.2 Å². The molecule has 0 aliphatic rings. The number of nitrogens with two attached hydrogens (primary N) is 1. The Labute approximate surface area is 168 Å². The van der Waals surface area contributed by atoms with Crippen molar-refractivity contribution >= 4 is 44.4 Å². The van der Waals surface area contributed by atoms with Crippen LogP contribution in [0.2, 0.25) is 0 Å². The molecule has 3 rings (SSSR count). The van der Waals surface area contributed by atoms with Crippen LogP contribution in [0.3, 0.4) is 0 Å². The Balaban J connectivity index is 1.89. The van der Waals surface area contributed by atoms with Crippen LogP contribution in [0.1, 0.15) is 13.8 Å². The van der Waals surface area contributed by atoms with Gasteiger partial charge in [0.05, 0.1) is 21.2 Å². The van der Waals surface area contributed by atoms with Gasteiger partial charge >= 0.3 is 0 Å². The van der Waals surface area contributed by atoms with Crippen molar-refractivity contribution in [3.8, 4) is 0 Å². The van der Waals surface area contributed by atoms with Crippen molar-refractivity contribution < 1.29 is 13.2 Å². The highest BCUT2D eigenvalue weighted by Crippen LogP contribution is 2.29. The fourth-order valence-corrected chi connectivity index (χ4v) is 4.53. The minimum atomic E-state index is -3.80. The third-order valence-electron chi connectivity index (χ3n) is 4.43. The van der Waals surface area contributed by atoms with Gasteiger partial charge in [0.2, 0.25) is 15.9 Å². The van der Waals surface area contributed by atoms with E-state index in [9.17, 15) is 13.2 Å². The minimum absolute atomic E-state index is 0.0187. The van der Waals surface area contributed by atoms with Gasteiger partial charge in [-0.05, 0) is 44.2 Å². The molecule has 1 atom stereocenters. The number of fused-ring (bicyclic) bond motifs is 1. The number of thioether (sulfide) groups is 1. The molecule has 2 N–H and O–H groups in total. The first-order chi connectivity index (χ1) is 13.2. The second-order valence-corrected chi connectivity index (χ2v) is 9.20. The van der Waals surface area contributed by atoms with Gasteiger partial charge in [0.25, 0.3) is 0 Å². The lowest BCUT2D eigenvalue weighted by molar-refractivity contribution is -0.117. The highest BCUT2D eigenvalue weighted by molar-refractivity contribution is 8.00. The lowest BCUT2D eigenvalue weighted by atomic mass is 10.3. The van der Waals surface area contributed by atoms with Gasteiger partial charge in [-0.1, -0.05) is 30.0 Å². The van der Waals surface area contributed by atoms with E-state index in [0.717, 1.165) is 11.2 Å². The molecule has 1 aromatic heterocycles. The number of benzene rings is 2. The summed E-state index contributed by atoms with van der Waals surface area (Å²) in [6.07, 6.45) is 0. The Morgan fingerprint density at radius 3 is 2.54 bits per heavy atom. The number of nitrogens with zero attached hydrogens (tertiary/aromatic N) is 3. The maximum atomic E-state index is 12.8. The highest BCUT2D eigenvalue weighted by Gasteiger charge is 2.23. The number of imidazole rings is 1. The Bertz CT molecular complexity index is 1110. The van der Waals surface area contributed by atoms with Crippen LogP contribution < -0.4 is 10.0 Å². The molecule has 0 aliphatic carbocycles. The highest BCUT2D eigenvalue weighted by atomic mass is 32.2. The van der Waals surface area contributed by atoms with Crippen LogP contribution in [0, 0.1) is 0 Å². The molecule has 148 valence electrons. The predicted molar refractivity (Wildman–Crippen MR) is 112 cm³/mol. The number of hydrogen-bond donors (Lipinski definition) is 1. The van der Waals surface area contributed by atoms with Crippen LogP contribution in [-0.2, 0) is 21.4 Å². The Morgan fingerprint density at radius 2 is 1.93 bits per heavy atom. The zero-order chi connectivity index (χ0) is 20.5. The van der Waals surface area contributed by atoms with E-state index >= 15 is 0 Å². The summed E-state index contributed by atoms with van der Waals surface area (Å²) in [7, 11) is -2.05. The third-order valence-corrected chi connectivity index (χ3v) is 6.42. The van der Waals surface area contributed by atoms with Crippen molar-refractivity contribution in [3.05, 3.63) is 48.5 Å². The number of hydrogen-bond acceptors (Lipinski definition) is 5. The molecule has 0 spiro atoms. The molecule has 0 radical (unpaired) electrons. The van der Waals surface area contributed by atoms with Crippen molar-refractivity contribution in [2.45, 2.75) is 35.7 Å². The van der Waals surface area contributed by atoms with Gasteiger partial charge in [0, 0.05) is 19.3 Å². The number of carbonyl (C=O) groups is 1. The Kier molecular flexibility index (Phi) is 5.78. The summed E-state index contributed by atoms with van der Waals surface area (Å²) in [5, 5.41) is 5.50. The zero-order valence-electron chi connectivity index (χ0n) is 15.9. The average molecular weight is 419 g/mol. The quantitative estimate of drug-likeness (QED) is 0.621. The van der Waals surface area contributed by atoms with Gasteiger partial charge in [0.15, 0.2) is 5.16 Å². The fraction of sp³-hybridized carbons (Fsp3) is 0.263. The maximum Gasteiger partial charge on any atom is 0.240 e. The number of aryl methyl sites for hydroxylation is 1. The van der Waals surface area contributed by atoms with Crippen LogP contribution in [0.25, 0.3) is 11.0 Å². The van der Waals surface area contributed by atoms with Crippen molar-refractivity contribution in [2.24, 2.45) is 5.14 Å². The van der Waals surface area contributed by atoms with E-state index in [2.05, 4.69) is 4.98 Å². The minimum Gasteiger partial charge on any atom is -0.319 e. The number of primary sulfonamides is 1. The van der Waals surface area contributed by atoms with Crippen LogP contribution in [-0.4, -0.2) is 36.2 Å². The van der Waals surface area contributed by atoms with E-state index in [1.807, 2.05) is 48.7 Å². The van der Waals surface area contributed by atoms with Gasteiger partial charge < -0.3 is 9.47 Å². The summed E-state index contributed by atoms with van der Waals surface area (Å²) in [6, 6.07) is 14.1. The summed E-state index contributed by atoms with van der Waals surface area (Å²) >= 11 is 1.34. The molecule has 9 heteroatoms. The van der Waals surface area contributed by atoms with E-state index in [1.54, 1.807) is 18.0 Å². The molecule has 1 heterocycles. The molecular weight excluding hydrogens is 396 g/mol. The normalized spacial score (nSPS) is 12.9. The number of rotatable bonds is 6. The smallest absolute Gasteiger partial charge is 0.240 e. The summed E-state index contributed by atoms with van der Waals surface area (Å²) < 4.78 is 25.2. The molecule has 0 fully saturated rings. The van der Waals surface area contributed by atoms with E-state index < -0.39 is 10.0 Å². The lowest BCUT2D eigenvalue weighted by Gasteiger charge is -2.21. The molecule has 28 heavy (non-hydrogen) atoms. The fourth-order valence-electron chi connectivity index (χ4n) is 2.92. The SMILES string of the molecule is CCn1c(SC(C)C(=O)N(C)c2ccccc2)nc2cc(S(N)(=O)=O)ccc21. The summed E-state index contributed by atoms with van der Waals surface area (Å²) in [5.41, 5.74) is 2.15. The second-order valence-electron chi connectivity index (χ2n) is 6.33. The van der Waals surface area contributed by atoms with E-state index in [-0.39, 0.29) is 16.1 Å². The summed E-state index contributed by atoms with van der Waals surface area (Å²) in [4.78, 5) is 19.0. The van der Waals surface area contributed by atoms with Gasteiger partial charge in [-0.15, -0.1) is 0 Å². The maximum absolute atomic E-state index is 12.8. The number of para-hydroxylation sites is 1. The molecule has 0 saturated carbocycles. The van der Waals surface area contributed by atoms with Crippen molar-refractivity contribution in [1.82, 2.24) is 9.55 Å². The van der Waals surface area contributed by atoms with Crippen LogP contribution in [0.4, 0.5) is 5.69 Å². The first-order valence-corrected chi connectivity index (χ1v) is 11.2. The second kappa shape index (κ2) is 7.94. The van der Waals surface area contributed by atoms with Crippen molar-refractivity contribution in [2.75, 3.05) is 11.9 Å². The molecular formula is C19H22N4O3S2. The predicted octanol–water partition coefficient (Wildman–Crippen LogP) is 2.85. The van der Waals surface area contributed by atoms with Gasteiger partial charge in [-0.2, -0.15) is 0 Å². The molecule has 1 amide bonds. The van der Waals surface area contributed by atoms with Gasteiger partial charge in [-0.25, -0.2) is 18.5 Å². The largest absolute Gasteiger partial charge is 0.319 e. The number of sulfonamides is 1. The van der Waals surface area contributed by atoms with Crippen LogP contribution in [0.15, 0.2) is 58.6 Å². The Morgan fingerprint density at radius 1 is 1.25 bits per heavy atom. The van der Waals surface area contributed by atoms with Crippen LogP contribution >= 0.6 is 11.8 Å². The zero-order valence-corrected chi connectivity index (χ0v) is 17.5. The van der Waals surface area contributed by atoms with Crippen molar-refractivity contribution in [3.63, 3.8) is 0 Å². The van der Waals surface area contributed by atoms with E-state index in [4.69, 9.17) is 5.14 Å². The van der Waals surface area contributed by atoms with Gasteiger partial charge in [0.1, 0.15) is 0 Å². The topological polar surface area (TPSA) is 98.3 Å². The van der Waals surface area contributed by atoms with Gasteiger partial charge in [-0.3, -0.25) is 4.79 Å². The first kappa shape index (κ1) is 20.4. The molecule has 2 aromatic carbocycles. The summed E-state index contributed by atoms with van der Waals surface area (Å²) in [6.45, 7) is 4.45. The standard InChI is InChI=1S/C19H22N4O3S2/c1-4-23-17-11-10-15(28(20,25)26)12-16(17)21-19(23)27-13(2)18(24)22(3)14-8-6-5-7-9-14/h5-13H,4H2,1-3H3,(H2,20,25,26). The first-order valence-electron chi connectivity index (χ1n) is 8.74. The number of carbonyl (C=O) groups excluding carboxylic acids is 1. The molecule has 1 unspecified atom stereocenters. The number of amides is 1. The average Bonchev–Trinajstić information content (AvgIpc) is 3.02.